The third-order valence-electron chi connectivity index (χ3n) is 5.53. The van der Waals surface area contributed by atoms with Crippen molar-refractivity contribution in [2.24, 2.45) is 0 Å². The maximum Gasteiger partial charge on any atom is 0.261 e. The maximum absolute atomic E-state index is 12.5. The molecule has 0 N–H and O–H groups in total. The number of imide groups is 1. The van der Waals surface area contributed by atoms with Gasteiger partial charge < -0.3 is 4.42 Å². The lowest BCUT2D eigenvalue weighted by Gasteiger charge is -2.13. The summed E-state index contributed by atoms with van der Waals surface area (Å²) in [4.78, 5) is 26.3. The first kappa shape index (κ1) is 21.2. The van der Waals surface area contributed by atoms with Gasteiger partial charge in [0, 0.05) is 12.3 Å². The Morgan fingerprint density at radius 1 is 0.818 bits per heavy atom. The lowest BCUT2D eigenvalue weighted by molar-refractivity contribution is 0.0652. The molecule has 7 nitrogen and oxygen atoms in total. The molecule has 0 unspecified atom stereocenters. The van der Waals surface area contributed by atoms with Crippen molar-refractivity contribution >= 4 is 23.6 Å². The summed E-state index contributed by atoms with van der Waals surface area (Å²) in [7, 11) is 0. The van der Waals surface area contributed by atoms with Crippen LogP contribution >= 0.6 is 11.8 Å². The van der Waals surface area contributed by atoms with Crippen molar-refractivity contribution in [1.82, 2.24) is 19.7 Å². The summed E-state index contributed by atoms with van der Waals surface area (Å²) in [6, 6.07) is 20.9. The molecule has 0 fully saturated rings. The van der Waals surface area contributed by atoms with Crippen LogP contribution in [0, 0.1) is 0 Å². The van der Waals surface area contributed by atoms with Gasteiger partial charge in [0.15, 0.2) is 10.9 Å². The fourth-order valence-electron chi connectivity index (χ4n) is 3.87. The van der Waals surface area contributed by atoms with Crippen LogP contribution in [0.5, 0.6) is 0 Å². The van der Waals surface area contributed by atoms with Crippen molar-refractivity contribution < 1.29 is 14.0 Å². The third kappa shape index (κ3) is 4.34. The maximum atomic E-state index is 12.5. The van der Waals surface area contributed by atoms with Gasteiger partial charge in [-0.1, -0.05) is 54.2 Å². The fourth-order valence-corrected chi connectivity index (χ4v) is 4.81. The average Bonchev–Trinajstić information content (AvgIpc) is 3.56. The van der Waals surface area contributed by atoms with Crippen LogP contribution in [0.25, 0.3) is 11.6 Å². The van der Waals surface area contributed by atoms with E-state index in [2.05, 4.69) is 26.9 Å². The van der Waals surface area contributed by atoms with E-state index in [1.807, 2.05) is 30.3 Å². The van der Waals surface area contributed by atoms with Crippen LogP contribution < -0.4 is 0 Å². The van der Waals surface area contributed by atoms with Crippen LogP contribution in [0.3, 0.4) is 0 Å². The molecular formula is C25H22N4O3S. The van der Waals surface area contributed by atoms with E-state index < -0.39 is 0 Å². The highest BCUT2D eigenvalue weighted by Gasteiger charge is 2.34. The normalized spacial score (nSPS) is 13.0. The number of benzene rings is 2. The van der Waals surface area contributed by atoms with Crippen LogP contribution in [0.15, 0.2) is 82.6 Å². The minimum Gasteiger partial charge on any atom is -0.461 e. The highest BCUT2D eigenvalue weighted by molar-refractivity contribution is 7.99. The largest absolute Gasteiger partial charge is 0.461 e. The van der Waals surface area contributed by atoms with Gasteiger partial charge in [-0.05, 0) is 42.7 Å². The van der Waals surface area contributed by atoms with Gasteiger partial charge in [-0.15, -0.1) is 10.2 Å². The third-order valence-corrected chi connectivity index (χ3v) is 6.58. The lowest BCUT2D eigenvalue weighted by Crippen LogP contribution is -2.30. The van der Waals surface area contributed by atoms with Crippen LogP contribution in [0.1, 0.15) is 39.1 Å². The number of carbonyl (C=O) groups excluding carboxylic acids is 2. The van der Waals surface area contributed by atoms with Crippen LogP contribution in [-0.2, 0) is 6.54 Å². The second-order valence-electron chi connectivity index (χ2n) is 7.72. The van der Waals surface area contributed by atoms with Gasteiger partial charge in [-0.2, -0.15) is 0 Å². The fraction of sp³-hybridized carbons (Fsp3) is 0.200. The van der Waals surface area contributed by atoms with E-state index in [0.29, 0.717) is 35.8 Å². The Bertz CT molecular complexity index is 1230. The Kier molecular flexibility index (Phi) is 6.08. The van der Waals surface area contributed by atoms with Crippen molar-refractivity contribution in [2.45, 2.75) is 24.5 Å². The molecule has 0 spiro atoms. The number of hydrogen-bond donors (Lipinski definition) is 0. The second kappa shape index (κ2) is 9.46. The minimum atomic E-state index is -0.200. The topological polar surface area (TPSA) is 81.2 Å². The molecule has 0 aliphatic carbocycles. The number of carbonyl (C=O) groups is 2. The summed E-state index contributed by atoms with van der Waals surface area (Å²) in [5.74, 6) is 1.77. The molecular weight excluding hydrogens is 436 g/mol. The van der Waals surface area contributed by atoms with Gasteiger partial charge in [-0.25, -0.2) is 0 Å². The first-order valence-electron chi connectivity index (χ1n) is 10.8. The van der Waals surface area contributed by atoms with Crippen molar-refractivity contribution in [3.63, 3.8) is 0 Å². The lowest BCUT2D eigenvalue weighted by atomic mass is 10.1. The predicted molar refractivity (Wildman–Crippen MR) is 125 cm³/mol. The minimum absolute atomic E-state index is 0.200. The second-order valence-corrected chi connectivity index (χ2v) is 8.78. The van der Waals surface area contributed by atoms with Crippen LogP contribution in [-0.4, -0.2) is 43.8 Å². The molecule has 8 heteroatoms. The molecule has 5 rings (SSSR count). The summed E-state index contributed by atoms with van der Waals surface area (Å²) in [5.41, 5.74) is 2.14. The van der Waals surface area contributed by atoms with Crippen molar-refractivity contribution in [1.29, 1.82) is 0 Å². The molecule has 166 valence electrons. The molecule has 0 saturated heterocycles. The number of unbranched alkanes of at least 4 members (excludes halogenated alkanes) is 1. The van der Waals surface area contributed by atoms with E-state index in [-0.39, 0.29) is 11.8 Å². The van der Waals surface area contributed by atoms with E-state index in [9.17, 15) is 9.59 Å². The Hall–Kier alpha value is -3.65. The molecule has 0 bridgehead atoms. The zero-order chi connectivity index (χ0) is 22.6. The summed E-state index contributed by atoms with van der Waals surface area (Å²) in [5, 5.41) is 9.56. The molecule has 2 aromatic heterocycles. The zero-order valence-electron chi connectivity index (χ0n) is 17.9. The number of thioether (sulfide) groups is 1. The van der Waals surface area contributed by atoms with Gasteiger partial charge in [0.2, 0.25) is 5.82 Å². The molecule has 4 aromatic rings. The Morgan fingerprint density at radius 3 is 2.24 bits per heavy atom. The van der Waals surface area contributed by atoms with Gasteiger partial charge >= 0.3 is 0 Å². The standard InChI is InChI=1S/C25H22N4O3S/c30-23-19-11-4-5-12-20(19)24(31)28(23)14-6-7-16-33-25-27-26-22(21-13-8-15-32-21)29(25)17-18-9-2-1-3-10-18/h1-5,8-13,15H,6-7,14,16-17H2. The Balaban J connectivity index is 1.21. The van der Waals surface area contributed by atoms with Crippen molar-refractivity contribution in [3.05, 3.63) is 89.7 Å². The molecule has 0 saturated carbocycles. The molecule has 2 aromatic carbocycles. The quantitative estimate of drug-likeness (QED) is 0.204. The molecule has 1 aliphatic heterocycles. The molecule has 0 radical (unpaired) electrons. The Morgan fingerprint density at radius 2 is 1.55 bits per heavy atom. The summed E-state index contributed by atoms with van der Waals surface area (Å²) in [6.07, 6.45) is 3.20. The van der Waals surface area contributed by atoms with E-state index in [0.717, 1.165) is 29.3 Å². The van der Waals surface area contributed by atoms with Crippen molar-refractivity contribution in [3.8, 4) is 11.6 Å². The summed E-state index contributed by atoms with van der Waals surface area (Å²) >= 11 is 1.62. The highest BCUT2D eigenvalue weighted by atomic mass is 32.2. The number of aromatic nitrogens is 3. The number of hydrogen-bond acceptors (Lipinski definition) is 6. The van der Waals surface area contributed by atoms with Crippen LogP contribution in [0.2, 0.25) is 0 Å². The first-order valence-corrected chi connectivity index (χ1v) is 11.8. The first-order chi connectivity index (χ1) is 16.2. The summed E-state index contributed by atoms with van der Waals surface area (Å²) in [6.45, 7) is 1.06. The smallest absolute Gasteiger partial charge is 0.261 e. The van der Waals surface area contributed by atoms with Crippen LogP contribution in [0.4, 0.5) is 0 Å². The predicted octanol–water partition coefficient (Wildman–Crippen LogP) is 4.75. The monoisotopic (exact) mass is 458 g/mol. The molecule has 3 heterocycles. The average molecular weight is 459 g/mol. The highest BCUT2D eigenvalue weighted by Crippen LogP contribution is 2.27. The van der Waals surface area contributed by atoms with Gasteiger partial charge in [-0.3, -0.25) is 19.1 Å². The number of fused-ring (bicyclic) bond motifs is 1. The van der Waals surface area contributed by atoms with E-state index in [1.54, 1.807) is 42.3 Å². The van der Waals surface area contributed by atoms with E-state index >= 15 is 0 Å². The summed E-state index contributed by atoms with van der Waals surface area (Å²) < 4.78 is 7.61. The van der Waals surface area contributed by atoms with Gasteiger partial charge in [0.05, 0.1) is 23.9 Å². The number of furan rings is 1. The molecule has 0 atom stereocenters. The van der Waals surface area contributed by atoms with Gasteiger partial charge in [0.25, 0.3) is 11.8 Å². The SMILES string of the molecule is O=C1c2ccccc2C(=O)N1CCCCSc1nnc(-c2ccco2)n1Cc1ccccc1. The zero-order valence-corrected chi connectivity index (χ0v) is 18.7. The van der Waals surface area contributed by atoms with E-state index in [4.69, 9.17) is 4.42 Å². The molecule has 2 amide bonds. The van der Waals surface area contributed by atoms with Crippen molar-refractivity contribution in [2.75, 3.05) is 12.3 Å². The van der Waals surface area contributed by atoms with E-state index in [1.165, 1.54) is 4.90 Å². The number of amides is 2. The molecule has 33 heavy (non-hydrogen) atoms. The number of rotatable bonds is 9. The Labute approximate surface area is 195 Å². The molecule has 1 aliphatic rings. The number of nitrogens with zero attached hydrogens (tertiary/aromatic N) is 4. The van der Waals surface area contributed by atoms with Gasteiger partial charge in [0.1, 0.15) is 0 Å².